The zero-order chi connectivity index (χ0) is 28.7. The molecule has 0 spiro atoms. The fourth-order valence-corrected chi connectivity index (χ4v) is 4.84. The molecule has 0 atom stereocenters. The van der Waals surface area contributed by atoms with Crippen molar-refractivity contribution in [1.29, 1.82) is 0 Å². The molecular formula is C28H20IN3O7S. The molecule has 4 rings (SSSR count). The number of halogens is 1. The van der Waals surface area contributed by atoms with Crippen LogP contribution >= 0.6 is 22.6 Å². The number of para-hydroxylation sites is 1. The van der Waals surface area contributed by atoms with Crippen LogP contribution in [-0.2, 0) is 14.8 Å². The number of hydrogen-bond acceptors (Lipinski definition) is 7. The Bertz CT molecular complexity index is 1690. The van der Waals surface area contributed by atoms with Crippen LogP contribution in [0.15, 0.2) is 114 Å². The summed E-state index contributed by atoms with van der Waals surface area (Å²) < 4.78 is 34.3. The number of ether oxygens (including phenoxy) is 1. The van der Waals surface area contributed by atoms with Crippen LogP contribution in [0.25, 0.3) is 6.08 Å². The smallest absolute Gasteiger partial charge is 0.281 e. The number of nitrogens with zero attached hydrogens (tertiary/aromatic N) is 1. The number of hydrogen-bond donors (Lipinski definition) is 2. The monoisotopic (exact) mass is 669 g/mol. The van der Waals surface area contributed by atoms with Gasteiger partial charge in [-0.2, -0.15) is 0 Å². The van der Waals surface area contributed by atoms with E-state index in [9.17, 15) is 28.1 Å². The maximum absolute atomic E-state index is 13.1. The van der Waals surface area contributed by atoms with Crippen molar-refractivity contribution in [3.05, 3.63) is 134 Å². The summed E-state index contributed by atoms with van der Waals surface area (Å²) in [5.41, 5.74) is 0.0722. The van der Waals surface area contributed by atoms with E-state index in [0.717, 1.165) is 27.8 Å². The third kappa shape index (κ3) is 7.30. The molecule has 0 aliphatic carbocycles. The van der Waals surface area contributed by atoms with Crippen molar-refractivity contribution < 1.29 is 27.7 Å². The summed E-state index contributed by atoms with van der Waals surface area (Å²) in [5, 5.41) is 13.3. The molecule has 0 aliphatic heterocycles. The van der Waals surface area contributed by atoms with Crippen LogP contribution in [0.3, 0.4) is 0 Å². The SMILES string of the molecule is O=C(NS(=O)(=O)c1ccc([N+](=O)[O-])cc1)/C(=C\c1ccc(Oc2ccccc2I)cc1)NC(=O)c1ccccc1. The Kier molecular flexibility index (Phi) is 8.91. The Morgan fingerprint density at radius 2 is 1.48 bits per heavy atom. The molecule has 4 aromatic rings. The van der Waals surface area contributed by atoms with Crippen LogP contribution in [0.4, 0.5) is 5.69 Å². The van der Waals surface area contributed by atoms with Crippen molar-refractivity contribution in [3.63, 3.8) is 0 Å². The first-order valence-electron chi connectivity index (χ1n) is 11.5. The van der Waals surface area contributed by atoms with E-state index in [1.165, 1.54) is 18.2 Å². The highest BCUT2D eigenvalue weighted by Crippen LogP contribution is 2.27. The molecule has 4 aromatic carbocycles. The summed E-state index contributed by atoms with van der Waals surface area (Å²) in [5.74, 6) is -0.547. The molecule has 40 heavy (non-hydrogen) atoms. The van der Waals surface area contributed by atoms with E-state index in [0.29, 0.717) is 17.1 Å². The van der Waals surface area contributed by atoms with E-state index in [-0.39, 0.29) is 21.8 Å². The molecule has 10 nitrogen and oxygen atoms in total. The van der Waals surface area contributed by atoms with E-state index in [4.69, 9.17) is 4.74 Å². The zero-order valence-corrected chi connectivity index (χ0v) is 23.5. The summed E-state index contributed by atoms with van der Waals surface area (Å²) >= 11 is 2.15. The molecule has 2 N–H and O–H groups in total. The number of rotatable bonds is 9. The first-order valence-corrected chi connectivity index (χ1v) is 14.1. The summed E-state index contributed by atoms with van der Waals surface area (Å²) in [6.45, 7) is 0. The van der Waals surface area contributed by atoms with Crippen LogP contribution in [0.5, 0.6) is 11.5 Å². The second-order valence-corrected chi connectivity index (χ2v) is 11.0. The summed E-state index contributed by atoms with van der Waals surface area (Å²) in [6, 6.07) is 26.2. The second kappa shape index (κ2) is 12.5. The number of nitrogens with one attached hydrogen (secondary N) is 2. The molecule has 0 saturated heterocycles. The lowest BCUT2D eigenvalue weighted by atomic mass is 10.1. The number of carbonyl (C=O) groups is 2. The van der Waals surface area contributed by atoms with Crippen LogP contribution in [0, 0.1) is 13.7 Å². The van der Waals surface area contributed by atoms with Crippen LogP contribution < -0.4 is 14.8 Å². The number of nitro groups is 1. The van der Waals surface area contributed by atoms with Gasteiger partial charge in [-0.1, -0.05) is 42.5 Å². The number of non-ortho nitro benzene ring substituents is 1. The molecule has 0 aromatic heterocycles. The Morgan fingerprint density at radius 3 is 2.10 bits per heavy atom. The van der Waals surface area contributed by atoms with Crippen molar-refractivity contribution in [3.8, 4) is 11.5 Å². The Morgan fingerprint density at radius 1 is 0.850 bits per heavy atom. The molecule has 0 heterocycles. The van der Waals surface area contributed by atoms with Crippen molar-refractivity contribution in [2.24, 2.45) is 0 Å². The third-order valence-electron chi connectivity index (χ3n) is 5.37. The Labute approximate surface area is 243 Å². The number of carbonyl (C=O) groups excluding carboxylic acids is 2. The predicted octanol–water partition coefficient (Wildman–Crippen LogP) is 5.27. The zero-order valence-electron chi connectivity index (χ0n) is 20.5. The van der Waals surface area contributed by atoms with E-state index < -0.39 is 26.8 Å². The molecule has 0 fully saturated rings. The van der Waals surface area contributed by atoms with Crippen molar-refractivity contribution in [2.45, 2.75) is 4.90 Å². The fraction of sp³-hybridized carbons (Fsp3) is 0. The lowest BCUT2D eigenvalue weighted by molar-refractivity contribution is -0.384. The topological polar surface area (TPSA) is 145 Å². The number of nitro benzene ring substituents is 1. The van der Waals surface area contributed by atoms with Gasteiger partial charge in [0.05, 0.1) is 13.4 Å². The van der Waals surface area contributed by atoms with Gasteiger partial charge in [0.25, 0.3) is 27.5 Å². The first-order chi connectivity index (χ1) is 19.1. The normalized spacial score (nSPS) is 11.4. The van der Waals surface area contributed by atoms with E-state index in [1.54, 1.807) is 42.5 Å². The van der Waals surface area contributed by atoms with Gasteiger partial charge in [0.15, 0.2) is 0 Å². The van der Waals surface area contributed by atoms with Gasteiger partial charge in [-0.15, -0.1) is 0 Å². The molecular weight excluding hydrogens is 649 g/mol. The van der Waals surface area contributed by atoms with Gasteiger partial charge in [0.1, 0.15) is 17.2 Å². The van der Waals surface area contributed by atoms with E-state index in [2.05, 4.69) is 27.9 Å². The first kappa shape index (κ1) is 28.4. The fourth-order valence-electron chi connectivity index (χ4n) is 3.38. The number of benzene rings is 4. The average molecular weight is 669 g/mol. The van der Waals surface area contributed by atoms with Crippen LogP contribution in [0.1, 0.15) is 15.9 Å². The molecule has 0 bridgehead atoms. The number of sulfonamides is 1. The van der Waals surface area contributed by atoms with Gasteiger partial charge in [0.2, 0.25) is 0 Å². The molecule has 0 radical (unpaired) electrons. The Hall–Kier alpha value is -4.56. The molecule has 0 aliphatic rings. The van der Waals surface area contributed by atoms with Gasteiger partial charge in [-0.3, -0.25) is 19.7 Å². The predicted molar refractivity (Wildman–Crippen MR) is 156 cm³/mol. The van der Waals surface area contributed by atoms with Gasteiger partial charge in [-0.25, -0.2) is 13.1 Å². The van der Waals surface area contributed by atoms with E-state index >= 15 is 0 Å². The second-order valence-electron chi connectivity index (χ2n) is 8.17. The minimum atomic E-state index is -4.42. The highest BCUT2D eigenvalue weighted by Gasteiger charge is 2.23. The summed E-state index contributed by atoms with van der Waals surface area (Å²) in [4.78, 5) is 35.8. The van der Waals surface area contributed by atoms with Crippen molar-refractivity contribution in [2.75, 3.05) is 0 Å². The maximum atomic E-state index is 13.1. The van der Waals surface area contributed by atoms with Gasteiger partial charge in [-0.05, 0) is 82.8 Å². The molecule has 12 heteroatoms. The van der Waals surface area contributed by atoms with Crippen molar-refractivity contribution in [1.82, 2.24) is 10.0 Å². The van der Waals surface area contributed by atoms with Crippen LogP contribution in [0.2, 0.25) is 0 Å². The third-order valence-corrected chi connectivity index (χ3v) is 7.61. The molecule has 0 unspecified atom stereocenters. The lowest BCUT2D eigenvalue weighted by Gasteiger charge is -2.12. The van der Waals surface area contributed by atoms with Gasteiger partial charge < -0.3 is 10.1 Å². The lowest BCUT2D eigenvalue weighted by Crippen LogP contribution is -2.38. The molecule has 2 amide bonds. The van der Waals surface area contributed by atoms with Crippen LogP contribution in [-0.4, -0.2) is 25.2 Å². The highest BCUT2D eigenvalue weighted by molar-refractivity contribution is 14.1. The van der Waals surface area contributed by atoms with Gasteiger partial charge >= 0.3 is 0 Å². The highest BCUT2D eigenvalue weighted by atomic mass is 127. The standard InChI is InChI=1S/C28H20IN3O7S/c29-24-8-4-5-9-26(24)39-22-14-10-19(11-15-22)18-25(30-27(33)20-6-2-1-3-7-20)28(34)31-40(37,38)23-16-12-21(13-17-23)32(35)36/h1-18H,(H,30,33)(H,31,34)/b25-18+. The quantitative estimate of drug-likeness (QED) is 0.107. The summed E-state index contributed by atoms with van der Waals surface area (Å²) in [6.07, 6.45) is 1.32. The minimum absolute atomic E-state index is 0.251. The van der Waals surface area contributed by atoms with Gasteiger partial charge in [0, 0.05) is 17.7 Å². The summed E-state index contributed by atoms with van der Waals surface area (Å²) in [7, 11) is -4.42. The maximum Gasteiger partial charge on any atom is 0.281 e. The largest absolute Gasteiger partial charge is 0.456 e. The molecule has 0 saturated carbocycles. The minimum Gasteiger partial charge on any atom is -0.456 e. The Balaban J connectivity index is 1.60. The average Bonchev–Trinajstić information content (AvgIpc) is 2.95. The number of amides is 2. The molecule has 202 valence electrons. The van der Waals surface area contributed by atoms with Crippen molar-refractivity contribution >= 4 is 56.2 Å². The van der Waals surface area contributed by atoms with E-state index in [1.807, 2.05) is 29.0 Å².